The quantitative estimate of drug-likeness (QED) is 0.412. The van der Waals surface area contributed by atoms with E-state index in [0.29, 0.717) is 25.2 Å². The fraction of sp³-hybridized carbons (Fsp3) is 0.588. The second-order valence-electron chi connectivity index (χ2n) is 5.88. The highest BCUT2D eigenvalue weighted by atomic mass is 127. The van der Waals surface area contributed by atoms with Crippen molar-refractivity contribution < 1.29 is 4.74 Å². The zero-order valence-electron chi connectivity index (χ0n) is 14.3. The van der Waals surface area contributed by atoms with Gasteiger partial charge < -0.3 is 20.7 Å². The molecule has 1 aliphatic rings. The van der Waals surface area contributed by atoms with Crippen LogP contribution in [0.2, 0.25) is 0 Å². The fourth-order valence-corrected chi connectivity index (χ4v) is 2.58. The predicted molar refractivity (Wildman–Crippen MR) is 107 cm³/mol. The molecule has 0 fully saturated rings. The van der Waals surface area contributed by atoms with Crippen molar-refractivity contribution in [3.05, 3.63) is 29.8 Å². The molecule has 0 bridgehead atoms. The average molecular weight is 432 g/mol. The number of halogens is 1. The lowest BCUT2D eigenvalue weighted by molar-refractivity contribution is 0.258. The number of likely N-dealkylation sites (N-methyl/N-ethyl adjacent to an activating group) is 1. The van der Waals surface area contributed by atoms with E-state index in [1.807, 2.05) is 18.2 Å². The first kappa shape index (κ1) is 20.0. The molecule has 5 nitrogen and oxygen atoms in total. The number of nitrogens with two attached hydrogens (primary N) is 1. The SMILES string of the molecule is CCC(C)N(C)CCN=C(N)NC1CCOc2ccccc21.I. The summed E-state index contributed by atoms with van der Waals surface area (Å²) >= 11 is 0. The van der Waals surface area contributed by atoms with Gasteiger partial charge in [-0.2, -0.15) is 0 Å². The van der Waals surface area contributed by atoms with Gasteiger partial charge in [-0.15, -0.1) is 24.0 Å². The smallest absolute Gasteiger partial charge is 0.189 e. The number of rotatable bonds is 6. The van der Waals surface area contributed by atoms with Crippen molar-refractivity contribution in [2.75, 3.05) is 26.7 Å². The van der Waals surface area contributed by atoms with Crippen LogP contribution in [0.1, 0.15) is 38.3 Å². The predicted octanol–water partition coefficient (Wildman–Crippen LogP) is 2.76. The summed E-state index contributed by atoms with van der Waals surface area (Å²) in [5.41, 5.74) is 7.19. The summed E-state index contributed by atoms with van der Waals surface area (Å²) in [6, 6.07) is 8.85. The normalized spacial score (nSPS) is 18.6. The summed E-state index contributed by atoms with van der Waals surface area (Å²) in [6.45, 7) is 6.76. The van der Waals surface area contributed by atoms with Gasteiger partial charge in [0.15, 0.2) is 5.96 Å². The molecule has 1 aromatic rings. The summed E-state index contributed by atoms with van der Waals surface area (Å²) < 4.78 is 5.66. The average Bonchev–Trinajstić information content (AvgIpc) is 2.54. The van der Waals surface area contributed by atoms with Crippen molar-refractivity contribution in [1.29, 1.82) is 0 Å². The first-order chi connectivity index (χ1) is 10.6. The molecular formula is C17H29IN4O. The Balaban J connectivity index is 0.00000264. The van der Waals surface area contributed by atoms with Crippen LogP contribution in [0.3, 0.4) is 0 Å². The van der Waals surface area contributed by atoms with Crippen LogP contribution in [0.15, 0.2) is 29.3 Å². The minimum atomic E-state index is 0. The first-order valence-corrected chi connectivity index (χ1v) is 8.10. The van der Waals surface area contributed by atoms with Gasteiger partial charge in [-0.1, -0.05) is 25.1 Å². The van der Waals surface area contributed by atoms with Crippen molar-refractivity contribution in [1.82, 2.24) is 10.2 Å². The molecule has 0 spiro atoms. The zero-order valence-corrected chi connectivity index (χ0v) is 16.6. The molecule has 0 radical (unpaired) electrons. The molecule has 1 aromatic carbocycles. The molecule has 0 saturated carbocycles. The van der Waals surface area contributed by atoms with Crippen molar-refractivity contribution in [2.24, 2.45) is 10.7 Å². The first-order valence-electron chi connectivity index (χ1n) is 8.10. The Morgan fingerprint density at radius 1 is 1.48 bits per heavy atom. The van der Waals surface area contributed by atoms with Crippen molar-refractivity contribution in [3.63, 3.8) is 0 Å². The summed E-state index contributed by atoms with van der Waals surface area (Å²) in [4.78, 5) is 6.75. The number of aliphatic imine (C=N–C) groups is 1. The van der Waals surface area contributed by atoms with Crippen molar-refractivity contribution in [2.45, 2.75) is 38.8 Å². The van der Waals surface area contributed by atoms with E-state index in [2.05, 4.69) is 42.2 Å². The number of nitrogens with zero attached hydrogens (tertiary/aromatic N) is 2. The third kappa shape index (κ3) is 5.84. The Kier molecular flexibility index (Phi) is 8.68. The maximum Gasteiger partial charge on any atom is 0.189 e. The zero-order chi connectivity index (χ0) is 15.9. The number of ether oxygens (including phenoxy) is 1. The minimum Gasteiger partial charge on any atom is -0.493 e. The Bertz CT molecular complexity index is 509. The summed E-state index contributed by atoms with van der Waals surface area (Å²) in [5.74, 6) is 1.45. The van der Waals surface area contributed by atoms with E-state index < -0.39 is 0 Å². The maximum absolute atomic E-state index is 6.04. The Morgan fingerprint density at radius 2 is 2.22 bits per heavy atom. The standard InChI is InChI=1S/C17H28N4O.HI/c1-4-13(2)21(3)11-10-19-17(18)20-15-9-12-22-16-8-6-5-7-14(15)16;/h5-8,13,15H,4,9-12H2,1-3H3,(H3,18,19,20);1H. The lowest BCUT2D eigenvalue weighted by atomic mass is 10.0. The minimum absolute atomic E-state index is 0. The van der Waals surface area contributed by atoms with E-state index in [-0.39, 0.29) is 30.0 Å². The van der Waals surface area contributed by atoms with Crippen LogP contribution in [0.4, 0.5) is 0 Å². The molecule has 6 heteroatoms. The van der Waals surface area contributed by atoms with E-state index in [1.165, 1.54) is 0 Å². The second-order valence-corrected chi connectivity index (χ2v) is 5.88. The van der Waals surface area contributed by atoms with E-state index >= 15 is 0 Å². The molecule has 1 aliphatic heterocycles. The van der Waals surface area contributed by atoms with Gasteiger partial charge >= 0.3 is 0 Å². The highest BCUT2D eigenvalue weighted by Gasteiger charge is 2.21. The maximum atomic E-state index is 6.04. The monoisotopic (exact) mass is 432 g/mol. The third-order valence-electron chi connectivity index (χ3n) is 4.36. The van der Waals surface area contributed by atoms with Gasteiger partial charge in [0.05, 0.1) is 19.2 Å². The van der Waals surface area contributed by atoms with Crippen molar-refractivity contribution >= 4 is 29.9 Å². The Hall–Kier alpha value is -1.02. The highest BCUT2D eigenvalue weighted by molar-refractivity contribution is 14.0. The van der Waals surface area contributed by atoms with E-state index in [4.69, 9.17) is 10.5 Å². The molecule has 130 valence electrons. The Morgan fingerprint density at radius 3 is 2.96 bits per heavy atom. The summed E-state index contributed by atoms with van der Waals surface area (Å²) in [6.07, 6.45) is 2.05. The Labute approximate surface area is 156 Å². The second kappa shape index (κ2) is 9.97. The van der Waals surface area contributed by atoms with Gasteiger partial charge in [0.25, 0.3) is 0 Å². The lowest BCUT2D eigenvalue weighted by Gasteiger charge is -2.27. The van der Waals surface area contributed by atoms with E-state index in [0.717, 1.165) is 30.7 Å². The van der Waals surface area contributed by atoms with Gasteiger partial charge in [0, 0.05) is 24.6 Å². The van der Waals surface area contributed by atoms with Crippen LogP contribution in [-0.2, 0) is 0 Å². The fourth-order valence-electron chi connectivity index (χ4n) is 2.58. The van der Waals surface area contributed by atoms with Gasteiger partial charge in [0.1, 0.15) is 5.75 Å². The molecule has 2 rings (SSSR count). The lowest BCUT2D eigenvalue weighted by Crippen LogP contribution is -2.38. The van der Waals surface area contributed by atoms with Gasteiger partial charge in [-0.05, 0) is 26.5 Å². The van der Waals surface area contributed by atoms with Crippen LogP contribution < -0.4 is 15.8 Å². The number of fused-ring (bicyclic) bond motifs is 1. The molecule has 0 saturated heterocycles. The molecule has 23 heavy (non-hydrogen) atoms. The number of benzene rings is 1. The third-order valence-corrected chi connectivity index (χ3v) is 4.36. The molecule has 3 N–H and O–H groups in total. The molecular weight excluding hydrogens is 403 g/mol. The van der Waals surface area contributed by atoms with Crippen LogP contribution in [0.5, 0.6) is 5.75 Å². The molecule has 0 aromatic heterocycles. The number of guanidine groups is 1. The molecule has 0 aliphatic carbocycles. The number of para-hydroxylation sites is 1. The molecule has 2 unspecified atom stereocenters. The van der Waals surface area contributed by atoms with Gasteiger partial charge in [-0.3, -0.25) is 4.99 Å². The summed E-state index contributed by atoms with van der Waals surface area (Å²) in [5, 5.41) is 3.32. The van der Waals surface area contributed by atoms with Crippen LogP contribution in [0, 0.1) is 0 Å². The van der Waals surface area contributed by atoms with Crippen LogP contribution >= 0.6 is 24.0 Å². The van der Waals surface area contributed by atoms with E-state index in [9.17, 15) is 0 Å². The topological polar surface area (TPSA) is 62.9 Å². The number of hydrogen-bond acceptors (Lipinski definition) is 3. The molecule has 1 heterocycles. The molecule has 2 atom stereocenters. The van der Waals surface area contributed by atoms with Crippen molar-refractivity contribution in [3.8, 4) is 5.75 Å². The largest absolute Gasteiger partial charge is 0.493 e. The van der Waals surface area contributed by atoms with Crippen LogP contribution in [0.25, 0.3) is 0 Å². The van der Waals surface area contributed by atoms with Crippen LogP contribution in [-0.4, -0.2) is 43.6 Å². The molecule has 0 amide bonds. The summed E-state index contributed by atoms with van der Waals surface area (Å²) in [7, 11) is 2.13. The highest BCUT2D eigenvalue weighted by Crippen LogP contribution is 2.31. The van der Waals surface area contributed by atoms with Gasteiger partial charge in [-0.25, -0.2) is 0 Å². The number of hydrogen-bond donors (Lipinski definition) is 2. The van der Waals surface area contributed by atoms with E-state index in [1.54, 1.807) is 0 Å². The van der Waals surface area contributed by atoms with Gasteiger partial charge in [0.2, 0.25) is 0 Å². The number of nitrogens with one attached hydrogen (secondary N) is 1.